The lowest BCUT2D eigenvalue weighted by molar-refractivity contribution is -0.138. The maximum atomic E-state index is 12.7. The summed E-state index contributed by atoms with van der Waals surface area (Å²) in [6, 6.07) is 9.45. The van der Waals surface area contributed by atoms with E-state index in [1.54, 1.807) is 25.7 Å². The second kappa shape index (κ2) is 7.58. The van der Waals surface area contributed by atoms with Crippen LogP contribution in [0.5, 0.6) is 0 Å². The van der Waals surface area contributed by atoms with Crippen molar-refractivity contribution in [1.29, 1.82) is 0 Å². The second-order valence-electron chi connectivity index (χ2n) is 8.07. The minimum atomic E-state index is -0.656. The molecule has 2 heterocycles. The molecular weight excluding hydrogens is 348 g/mol. The Labute approximate surface area is 159 Å². The Hall–Kier alpha value is -2.57. The van der Waals surface area contributed by atoms with Gasteiger partial charge in [-0.25, -0.2) is 14.5 Å². The zero-order valence-electron chi connectivity index (χ0n) is 16.0. The first kappa shape index (κ1) is 19.2. The van der Waals surface area contributed by atoms with Gasteiger partial charge < -0.3 is 14.4 Å². The first-order valence-electron chi connectivity index (χ1n) is 9.24. The van der Waals surface area contributed by atoms with Gasteiger partial charge in [-0.1, -0.05) is 30.3 Å². The predicted molar refractivity (Wildman–Crippen MR) is 97.7 cm³/mol. The SMILES string of the molecule is CC(C)(C)OC(=O)N1CC[C@H]2CN(C(=O)OCc3ccccc3)C[C@H]2C1=O. The molecule has 1 aromatic rings. The summed E-state index contributed by atoms with van der Waals surface area (Å²) in [5.74, 6) is -0.588. The van der Waals surface area contributed by atoms with E-state index in [1.807, 2.05) is 30.3 Å². The molecule has 0 aromatic heterocycles. The van der Waals surface area contributed by atoms with Crippen molar-refractivity contribution in [3.63, 3.8) is 0 Å². The molecule has 0 bridgehead atoms. The highest BCUT2D eigenvalue weighted by Crippen LogP contribution is 2.33. The third-order valence-electron chi connectivity index (χ3n) is 4.82. The Bertz CT molecular complexity index is 713. The molecule has 0 N–H and O–H groups in total. The molecule has 146 valence electrons. The number of ether oxygens (including phenoxy) is 2. The van der Waals surface area contributed by atoms with Crippen molar-refractivity contribution in [1.82, 2.24) is 9.80 Å². The number of piperidine rings is 1. The van der Waals surface area contributed by atoms with E-state index < -0.39 is 17.8 Å². The molecule has 2 fully saturated rings. The van der Waals surface area contributed by atoms with Gasteiger partial charge in [0.1, 0.15) is 12.2 Å². The number of rotatable bonds is 2. The summed E-state index contributed by atoms with van der Waals surface area (Å²) in [6.07, 6.45) is -0.376. The molecule has 0 radical (unpaired) electrons. The number of hydrogen-bond acceptors (Lipinski definition) is 5. The minimum absolute atomic E-state index is 0.0560. The van der Waals surface area contributed by atoms with Crippen LogP contribution in [0.2, 0.25) is 0 Å². The molecule has 1 aromatic carbocycles. The quantitative estimate of drug-likeness (QED) is 0.795. The number of fused-ring (bicyclic) bond motifs is 1. The summed E-state index contributed by atoms with van der Waals surface area (Å²) in [5.41, 5.74) is 0.256. The average molecular weight is 374 g/mol. The predicted octanol–water partition coefficient (Wildman–Crippen LogP) is 3.04. The number of carbonyl (C=O) groups excluding carboxylic acids is 3. The molecule has 3 amide bonds. The first-order valence-corrected chi connectivity index (χ1v) is 9.24. The lowest BCUT2D eigenvalue weighted by atomic mass is 9.88. The Morgan fingerprint density at radius 1 is 1.11 bits per heavy atom. The van der Waals surface area contributed by atoms with Gasteiger partial charge in [0.25, 0.3) is 0 Å². The van der Waals surface area contributed by atoms with Crippen LogP contribution in [0.25, 0.3) is 0 Å². The summed E-state index contributed by atoms with van der Waals surface area (Å²) in [7, 11) is 0. The maximum absolute atomic E-state index is 12.7. The smallest absolute Gasteiger partial charge is 0.417 e. The van der Waals surface area contributed by atoms with Gasteiger partial charge in [-0.3, -0.25) is 4.79 Å². The topological polar surface area (TPSA) is 76.2 Å². The van der Waals surface area contributed by atoms with Crippen molar-refractivity contribution in [2.45, 2.75) is 39.4 Å². The third kappa shape index (κ3) is 4.59. The van der Waals surface area contributed by atoms with Crippen LogP contribution >= 0.6 is 0 Å². The summed E-state index contributed by atoms with van der Waals surface area (Å²) < 4.78 is 10.7. The van der Waals surface area contributed by atoms with Crippen molar-refractivity contribution in [3.05, 3.63) is 35.9 Å². The summed E-state index contributed by atoms with van der Waals surface area (Å²) in [4.78, 5) is 40.1. The molecule has 2 aliphatic heterocycles. The van der Waals surface area contributed by atoms with Gasteiger partial charge in [-0.2, -0.15) is 0 Å². The van der Waals surface area contributed by atoms with Crippen molar-refractivity contribution in [2.75, 3.05) is 19.6 Å². The molecule has 0 aliphatic carbocycles. The molecule has 2 saturated heterocycles. The number of benzene rings is 1. The Morgan fingerprint density at radius 3 is 2.48 bits per heavy atom. The van der Waals surface area contributed by atoms with Gasteiger partial charge >= 0.3 is 12.2 Å². The van der Waals surface area contributed by atoms with Gasteiger partial charge in [-0.05, 0) is 38.7 Å². The Morgan fingerprint density at radius 2 is 1.81 bits per heavy atom. The van der Waals surface area contributed by atoms with Crippen LogP contribution in [0.15, 0.2) is 30.3 Å². The maximum Gasteiger partial charge on any atom is 0.417 e. The lowest BCUT2D eigenvalue weighted by Gasteiger charge is -2.33. The highest BCUT2D eigenvalue weighted by molar-refractivity contribution is 5.94. The van der Waals surface area contributed by atoms with Gasteiger partial charge in [0.05, 0.1) is 5.92 Å². The van der Waals surface area contributed by atoms with E-state index in [4.69, 9.17) is 9.47 Å². The highest BCUT2D eigenvalue weighted by atomic mass is 16.6. The monoisotopic (exact) mass is 374 g/mol. The zero-order chi connectivity index (χ0) is 19.6. The molecule has 27 heavy (non-hydrogen) atoms. The van der Waals surface area contributed by atoms with Crippen LogP contribution in [-0.4, -0.2) is 53.1 Å². The number of nitrogens with zero attached hydrogens (tertiary/aromatic N) is 2. The van der Waals surface area contributed by atoms with E-state index in [0.717, 1.165) is 5.56 Å². The highest BCUT2D eigenvalue weighted by Gasteiger charge is 2.47. The molecular formula is C20H26N2O5. The minimum Gasteiger partial charge on any atom is -0.445 e. The van der Waals surface area contributed by atoms with Gasteiger partial charge in [0, 0.05) is 19.6 Å². The zero-order valence-corrected chi connectivity index (χ0v) is 16.0. The molecule has 2 atom stereocenters. The fraction of sp³-hybridized carbons (Fsp3) is 0.550. The van der Waals surface area contributed by atoms with Crippen molar-refractivity contribution in [3.8, 4) is 0 Å². The molecule has 0 saturated carbocycles. The van der Waals surface area contributed by atoms with E-state index >= 15 is 0 Å². The van der Waals surface area contributed by atoms with Crippen LogP contribution in [0.4, 0.5) is 9.59 Å². The van der Waals surface area contributed by atoms with Crippen LogP contribution in [0.1, 0.15) is 32.8 Å². The van der Waals surface area contributed by atoms with E-state index in [1.165, 1.54) is 4.90 Å². The molecule has 7 heteroatoms. The van der Waals surface area contributed by atoms with Crippen LogP contribution in [0, 0.1) is 11.8 Å². The van der Waals surface area contributed by atoms with E-state index in [-0.39, 0.29) is 30.9 Å². The average Bonchev–Trinajstić information content (AvgIpc) is 3.04. The van der Waals surface area contributed by atoms with E-state index in [9.17, 15) is 14.4 Å². The number of amides is 3. The fourth-order valence-corrected chi connectivity index (χ4v) is 3.51. The van der Waals surface area contributed by atoms with Crippen molar-refractivity contribution >= 4 is 18.1 Å². The first-order chi connectivity index (χ1) is 12.7. The largest absolute Gasteiger partial charge is 0.445 e. The molecule has 7 nitrogen and oxygen atoms in total. The summed E-state index contributed by atoms with van der Waals surface area (Å²) >= 11 is 0. The Balaban J connectivity index is 1.56. The van der Waals surface area contributed by atoms with Gasteiger partial charge in [-0.15, -0.1) is 0 Å². The summed E-state index contributed by atoms with van der Waals surface area (Å²) in [5, 5.41) is 0. The van der Waals surface area contributed by atoms with E-state index in [0.29, 0.717) is 19.5 Å². The molecule has 3 rings (SSSR count). The summed E-state index contributed by atoms with van der Waals surface area (Å²) in [6.45, 7) is 6.57. The van der Waals surface area contributed by atoms with Crippen molar-refractivity contribution < 1.29 is 23.9 Å². The molecule has 0 unspecified atom stereocenters. The Kier molecular flexibility index (Phi) is 5.39. The van der Waals surface area contributed by atoms with Gasteiger partial charge in [0.15, 0.2) is 0 Å². The number of imide groups is 1. The second-order valence-corrected chi connectivity index (χ2v) is 8.07. The van der Waals surface area contributed by atoms with E-state index in [2.05, 4.69) is 0 Å². The van der Waals surface area contributed by atoms with Crippen LogP contribution in [-0.2, 0) is 20.9 Å². The number of hydrogen-bond donors (Lipinski definition) is 0. The van der Waals surface area contributed by atoms with Crippen molar-refractivity contribution in [2.24, 2.45) is 11.8 Å². The fourth-order valence-electron chi connectivity index (χ4n) is 3.51. The number of carbonyl (C=O) groups is 3. The number of likely N-dealkylation sites (tertiary alicyclic amines) is 2. The third-order valence-corrected chi connectivity index (χ3v) is 4.82. The lowest BCUT2D eigenvalue weighted by Crippen LogP contribution is -2.49. The normalized spacial score (nSPS) is 22.4. The van der Waals surface area contributed by atoms with Gasteiger partial charge in [0.2, 0.25) is 5.91 Å². The molecule has 0 spiro atoms. The molecule has 2 aliphatic rings. The standard InChI is InChI=1S/C20H26N2O5/c1-20(2,3)27-19(25)22-10-9-15-11-21(12-16(15)17(22)23)18(24)26-13-14-7-5-4-6-8-14/h4-8,15-16H,9-13H2,1-3H3/t15-,16+/m0/s1. The van der Waals surface area contributed by atoms with Crippen LogP contribution in [0.3, 0.4) is 0 Å². The van der Waals surface area contributed by atoms with Crippen LogP contribution < -0.4 is 0 Å².